The van der Waals surface area contributed by atoms with E-state index in [1.165, 1.54) is 10.6 Å². The van der Waals surface area contributed by atoms with Gasteiger partial charge in [-0.3, -0.25) is 14.2 Å². The summed E-state index contributed by atoms with van der Waals surface area (Å²) in [6.45, 7) is 5.68. The maximum Gasteiger partial charge on any atom is 0.254 e. The summed E-state index contributed by atoms with van der Waals surface area (Å²) in [4.78, 5) is 28.8. The Bertz CT molecular complexity index is 708. The number of rotatable bonds is 5. The second kappa shape index (κ2) is 7.02. The minimum atomic E-state index is -0.217. The Labute approximate surface area is 130 Å². The van der Waals surface area contributed by atoms with Gasteiger partial charge in [0.25, 0.3) is 5.56 Å². The lowest BCUT2D eigenvalue weighted by molar-refractivity contribution is -0.122. The van der Waals surface area contributed by atoms with Crippen LogP contribution in [0.2, 0.25) is 0 Å². The van der Waals surface area contributed by atoms with Crippen LogP contribution in [0.4, 0.5) is 0 Å². The van der Waals surface area contributed by atoms with Crippen molar-refractivity contribution in [2.75, 3.05) is 0 Å². The van der Waals surface area contributed by atoms with Crippen LogP contribution in [0.5, 0.6) is 0 Å². The van der Waals surface area contributed by atoms with Crippen LogP contribution >= 0.6 is 0 Å². The van der Waals surface area contributed by atoms with Crippen molar-refractivity contribution >= 4 is 5.91 Å². The van der Waals surface area contributed by atoms with Crippen LogP contribution in [0.25, 0.3) is 11.4 Å². The molecule has 1 N–H and O–H groups in total. The highest BCUT2D eigenvalue weighted by Gasteiger charge is 2.13. The molecule has 1 atom stereocenters. The predicted molar refractivity (Wildman–Crippen MR) is 86.6 cm³/mol. The molecule has 2 aromatic rings. The first-order valence-corrected chi connectivity index (χ1v) is 7.44. The third kappa shape index (κ3) is 3.81. The topological polar surface area (TPSA) is 64.0 Å². The molecular weight excluding hydrogens is 278 g/mol. The Kier molecular flexibility index (Phi) is 5.09. The molecule has 1 unspecified atom stereocenters. The monoisotopic (exact) mass is 299 g/mol. The molecule has 0 spiro atoms. The summed E-state index contributed by atoms with van der Waals surface area (Å²) >= 11 is 0. The standard InChI is InChI=1S/C17H21N3O2/c1-4-12(2)18-15(21)11-20-16(22)10-13(3)19-17(20)14-8-6-5-7-9-14/h5-10,12H,4,11H2,1-3H3,(H,18,21). The average Bonchev–Trinajstić information content (AvgIpc) is 2.50. The van der Waals surface area contributed by atoms with E-state index in [1.807, 2.05) is 44.2 Å². The van der Waals surface area contributed by atoms with Crippen molar-refractivity contribution in [1.82, 2.24) is 14.9 Å². The first kappa shape index (κ1) is 15.9. The fourth-order valence-electron chi connectivity index (χ4n) is 2.15. The zero-order chi connectivity index (χ0) is 16.1. The lowest BCUT2D eigenvalue weighted by Gasteiger charge is -2.15. The van der Waals surface area contributed by atoms with Crippen LogP contribution < -0.4 is 10.9 Å². The van der Waals surface area contributed by atoms with Gasteiger partial charge in [0, 0.05) is 23.4 Å². The Balaban J connectivity index is 2.39. The Morgan fingerprint density at radius 3 is 2.64 bits per heavy atom. The first-order valence-electron chi connectivity index (χ1n) is 7.44. The third-order valence-electron chi connectivity index (χ3n) is 3.49. The lowest BCUT2D eigenvalue weighted by atomic mass is 10.2. The summed E-state index contributed by atoms with van der Waals surface area (Å²) in [7, 11) is 0. The van der Waals surface area contributed by atoms with E-state index < -0.39 is 0 Å². The Morgan fingerprint density at radius 1 is 1.32 bits per heavy atom. The fourth-order valence-corrected chi connectivity index (χ4v) is 2.15. The fraction of sp³-hybridized carbons (Fsp3) is 0.353. The minimum Gasteiger partial charge on any atom is -0.352 e. The molecule has 1 aromatic carbocycles. The van der Waals surface area contributed by atoms with E-state index in [0.717, 1.165) is 12.0 Å². The molecule has 0 saturated heterocycles. The lowest BCUT2D eigenvalue weighted by Crippen LogP contribution is -2.37. The maximum atomic E-state index is 12.3. The molecule has 0 fully saturated rings. The van der Waals surface area contributed by atoms with Crippen LogP contribution in [0, 0.1) is 6.92 Å². The molecule has 0 aliphatic heterocycles. The zero-order valence-corrected chi connectivity index (χ0v) is 13.2. The van der Waals surface area contributed by atoms with Crippen LogP contribution in [0.1, 0.15) is 26.0 Å². The third-order valence-corrected chi connectivity index (χ3v) is 3.49. The number of hydrogen-bond acceptors (Lipinski definition) is 3. The van der Waals surface area contributed by atoms with Gasteiger partial charge in [0.1, 0.15) is 12.4 Å². The van der Waals surface area contributed by atoms with Crippen molar-refractivity contribution in [2.45, 2.75) is 39.8 Å². The van der Waals surface area contributed by atoms with E-state index in [-0.39, 0.29) is 24.1 Å². The van der Waals surface area contributed by atoms with Gasteiger partial charge in [0.15, 0.2) is 0 Å². The average molecular weight is 299 g/mol. The van der Waals surface area contributed by atoms with Crippen molar-refractivity contribution in [3.05, 3.63) is 52.4 Å². The number of nitrogens with zero attached hydrogens (tertiary/aromatic N) is 2. The normalized spacial score (nSPS) is 12.0. The van der Waals surface area contributed by atoms with E-state index in [2.05, 4.69) is 10.3 Å². The van der Waals surface area contributed by atoms with E-state index in [0.29, 0.717) is 11.5 Å². The van der Waals surface area contributed by atoms with E-state index in [9.17, 15) is 9.59 Å². The van der Waals surface area contributed by atoms with Gasteiger partial charge in [-0.05, 0) is 20.3 Å². The molecule has 0 saturated carbocycles. The van der Waals surface area contributed by atoms with E-state index in [1.54, 1.807) is 6.92 Å². The number of nitrogens with one attached hydrogen (secondary N) is 1. The SMILES string of the molecule is CCC(C)NC(=O)Cn1c(-c2ccccc2)nc(C)cc1=O. The molecule has 1 heterocycles. The second-order valence-electron chi connectivity index (χ2n) is 5.39. The number of carbonyl (C=O) groups is 1. The number of amides is 1. The number of hydrogen-bond donors (Lipinski definition) is 1. The molecule has 2 rings (SSSR count). The largest absolute Gasteiger partial charge is 0.352 e. The van der Waals surface area contributed by atoms with Crippen molar-refractivity contribution in [3.63, 3.8) is 0 Å². The number of carbonyl (C=O) groups excluding carboxylic acids is 1. The number of benzene rings is 1. The predicted octanol–water partition coefficient (Wildman–Crippen LogP) is 2.13. The Hall–Kier alpha value is -2.43. The van der Waals surface area contributed by atoms with Gasteiger partial charge in [-0.1, -0.05) is 37.3 Å². The molecule has 0 aliphatic carbocycles. The van der Waals surface area contributed by atoms with Crippen molar-refractivity contribution in [1.29, 1.82) is 0 Å². The second-order valence-corrected chi connectivity index (χ2v) is 5.39. The summed E-state index contributed by atoms with van der Waals surface area (Å²) in [5, 5.41) is 2.87. The van der Waals surface area contributed by atoms with Gasteiger partial charge in [-0.2, -0.15) is 0 Å². The summed E-state index contributed by atoms with van der Waals surface area (Å²) < 4.78 is 1.42. The molecule has 0 aliphatic rings. The highest BCUT2D eigenvalue weighted by atomic mass is 16.2. The van der Waals surface area contributed by atoms with Gasteiger partial charge in [0.2, 0.25) is 5.91 Å². The minimum absolute atomic E-state index is 0.0271. The van der Waals surface area contributed by atoms with Crippen LogP contribution in [-0.4, -0.2) is 21.5 Å². The van der Waals surface area contributed by atoms with Crippen LogP contribution in [0.3, 0.4) is 0 Å². The molecule has 0 bridgehead atoms. The molecule has 116 valence electrons. The molecule has 1 amide bonds. The smallest absolute Gasteiger partial charge is 0.254 e. The van der Waals surface area contributed by atoms with Crippen LogP contribution in [0.15, 0.2) is 41.2 Å². The van der Waals surface area contributed by atoms with Gasteiger partial charge >= 0.3 is 0 Å². The highest BCUT2D eigenvalue weighted by Crippen LogP contribution is 2.15. The summed E-state index contributed by atoms with van der Waals surface area (Å²) in [5.41, 5.74) is 1.24. The summed E-state index contributed by atoms with van der Waals surface area (Å²) in [6, 6.07) is 11.0. The first-order chi connectivity index (χ1) is 10.5. The van der Waals surface area contributed by atoms with Crippen molar-refractivity contribution in [3.8, 4) is 11.4 Å². The molecular formula is C17H21N3O2. The molecule has 1 aromatic heterocycles. The maximum absolute atomic E-state index is 12.3. The molecule has 22 heavy (non-hydrogen) atoms. The summed E-state index contributed by atoms with van der Waals surface area (Å²) in [5.74, 6) is 0.337. The van der Waals surface area contributed by atoms with Gasteiger partial charge in [0.05, 0.1) is 0 Å². The highest BCUT2D eigenvalue weighted by molar-refractivity contribution is 5.76. The molecule has 5 heteroatoms. The number of aryl methyl sites for hydroxylation is 1. The summed E-state index contributed by atoms with van der Waals surface area (Å²) in [6.07, 6.45) is 0.846. The van der Waals surface area contributed by atoms with Gasteiger partial charge < -0.3 is 5.32 Å². The van der Waals surface area contributed by atoms with E-state index in [4.69, 9.17) is 0 Å². The van der Waals surface area contributed by atoms with Crippen LogP contribution in [-0.2, 0) is 11.3 Å². The zero-order valence-electron chi connectivity index (χ0n) is 13.2. The molecule has 5 nitrogen and oxygen atoms in total. The van der Waals surface area contributed by atoms with Crippen molar-refractivity contribution in [2.24, 2.45) is 0 Å². The van der Waals surface area contributed by atoms with Crippen molar-refractivity contribution < 1.29 is 4.79 Å². The van der Waals surface area contributed by atoms with Gasteiger partial charge in [-0.15, -0.1) is 0 Å². The number of aromatic nitrogens is 2. The Morgan fingerprint density at radius 2 is 2.00 bits per heavy atom. The van der Waals surface area contributed by atoms with E-state index >= 15 is 0 Å². The van der Waals surface area contributed by atoms with Gasteiger partial charge in [-0.25, -0.2) is 4.98 Å². The molecule has 0 radical (unpaired) electrons. The quantitative estimate of drug-likeness (QED) is 0.920.